The molecule has 1 fully saturated rings. The molecule has 2 aromatic carbocycles. The SMILES string of the molecule is CS(=O)(=O)c1ccc(N2CCc3c(OC4CCN(C#N)CC4)cccc32)cc1. The van der Waals surface area contributed by atoms with E-state index in [0.29, 0.717) is 4.90 Å². The topological polar surface area (TPSA) is 73.6 Å². The van der Waals surface area contributed by atoms with Crippen LogP contribution in [0.1, 0.15) is 18.4 Å². The Morgan fingerprint density at radius 2 is 1.79 bits per heavy atom. The Kier molecular flexibility index (Phi) is 4.90. The molecule has 2 heterocycles. The molecule has 0 unspecified atom stereocenters. The Morgan fingerprint density at radius 1 is 1.07 bits per heavy atom. The molecule has 0 saturated carbocycles. The number of nitriles is 1. The number of hydrogen-bond acceptors (Lipinski definition) is 6. The first-order chi connectivity index (χ1) is 13.5. The number of fused-ring (bicyclic) bond motifs is 1. The number of nitrogens with zero attached hydrogens (tertiary/aromatic N) is 3. The number of hydrogen-bond donors (Lipinski definition) is 0. The highest BCUT2D eigenvalue weighted by molar-refractivity contribution is 7.90. The van der Waals surface area contributed by atoms with E-state index in [1.54, 1.807) is 17.0 Å². The highest BCUT2D eigenvalue weighted by Gasteiger charge is 2.26. The molecule has 146 valence electrons. The molecule has 2 aromatic rings. The molecule has 0 aromatic heterocycles. The van der Waals surface area contributed by atoms with Gasteiger partial charge in [-0.05, 0) is 42.8 Å². The maximum absolute atomic E-state index is 11.7. The number of piperidine rings is 1. The van der Waals surface area contributed by atoms with E-state index < -0.39 is 9.84 Å². The predicted octanol–water partition coefficient (Wildman–Crippen LogP) is 3.11. The van der Waals surface area contributed by atoms with Gasteiger partial charge in [-0.1, -0.05) is 6.07 Å². The lowest BCUT2D eigenvalue weighted by Gasteiger charge is -2.29. The molecule has 2 aliphatic rings. The average molecular weight is 398 g/mol. The van der Waals surface area contributed by atoms with E-state index in [4.69, 9.17) is 10.00 Å². The van der Waals surface area contributed by atoms with Crippen molar-refractivity contribution < 1.29 is 13.2 Å². The monoisotopic (exact) mass is 397 g/mol. The summed E-state index contributed by atoms with van der Waals surface area (Å²) < 4.78 is 29.7. The number of anilines is 2. The maximum atomic E-state index is 11.7. The van der Waals surface area contributed by atoms with Crippen molar-refractivity contribution in [1.82, 2.24) is 4.90 Å². The molecule has 0 spiro atoms. The predicted molar refractivity (Wildman–Crippen MR) is 108 cm³/mol. The summed E-state index contributed by atoms with van der Waals surface area (Å²) in [5.41, 5.74) is 3.28. The molecule has 0 amide bonds. The van der Waals surface area contributed by atoms with Crippen LogP contribution in [0.5, 0.6) is 5.75 Å². The van der Waals surface area contributed by atoms with Gasteiger partial charge in [-0.25, -0.2) is 8.42 Å². The van der Waals surface area contributed by atoms with Crippen molar-refractivity contribution >= 4 is 21.2 Å². The van der Waals surface area contributed by atoms with Gasteiger partial charge in [0.25, 0.3) is 0 Å². The number of rotatable bonds is 4. The summed E-state index contributed by atoms with van der Waals surface area (Å²) in [5.74, 6) is 0.920. The molecule has 1 saturated heterocycles. The average Bonchev–Trinajstić information content (AvgIpc) is 3.13. The van der Waals surface area contributed by atoms with E-state index in [1.807, 2.05) is 24.3 Å². The summed E-state index contributed by atoms with van der Waals surface area (Å²) in [6.07, 6.45) is 6.15. The summed E-state index contributed by atoms with van der Waals surface area (Å²) >= 11 is 0. The van der Waals surface area contributed by atoms with Crippen molar-refractivity contribution in [1.29, 1.82) is 5.26 Å². The fraction of sp³-hybridized carbons (Fsp3) is 0.381. The highest BCUT2D eigenvalue weighted by Crippen LogP contribution is 2.40. The first-order valence-corrected chi connectivity index (χ1v) is 11.4. The van der Waals surface area contributed by atoms with Crippen molar-refractivity contribution in [3.8, 4) is 11.9 Å². The van der Waals surface area contributed by atoms with Gasteiger partial charge in [-0.2, -0.15) is 5.26 Å². The third-order valence-electron chi connectivity index (χ3n) is 5.44. The Hall–Kier alpha value is -2.72. The molecule has 0 N–H and O–H groups in total. The first-order valence-electron chi connectivity index (χ1n) is 9.46. The van der Waals surface area contributed by atoms with E-state index in [9.17, 15) is 8.42 Å². The van der Waals surface area contributed by atoms with Crippen molar-refractivity contribution in [3.05, 3.63) is 48.0 Å². The van der Waals surface area contributed by atoms with Crippen molar-refractivity contribution in [2.45, 2.75) is 30.3 Å². The van der Waals surface area contributed by atoms with E-state index in [2.05, 4.69) is 17.2 Å². The maximum Gasteiger partial charge on any atom is 0.179 e. The van der Waals surface area contributed by atoms with Crippen LogP contribution < -0.4 is 9.64 Å². The number of sulfone groups is 1. The lowest BCUT2D eigenvalue weighted by Crippen LogP contribution is -2.35. The van der Waals surface area contributed by atoms with Crippen LogP contribution >= 0.6 is 0 Å². The Morgan fingerprint density at radius 3 is 2.43 bits per heavy atom. The molecule has 2 aliphatic heterocycles. The molecule has 4 rings (SSSR count). The minimum Gasteiger partial charge on any atom is -0.490 e. The molecular formula is C21H23N3O3S. The molecule has 0 radical (unpaired) electrons. The molecule has 28 heavy (non-hydrogen) atoms. The smallest absolute Gasteiger partial charge is 0.179 e. The summed E-state index contributed by atoms with van der Waals surface area (Å²) in [5, 5.41) is 8.99. The van der Waals surface area contributed by atoms with Gasteiger partial charge >= 0.3 is 0 Å². The van der Waals surface area contributed by atoms with E-state index in [-0.39, 0.29) is 6.10 Å². The number of likely N-dealkylation sites (tertiary alicyclic amines) is 1. The van der Waals surface area contributed by atoms with Crippen LogP contribution in [0.25, 0.3) is 0 Å². The van der Waals surface area contributed by atoms with Gasteiger partial charge in [0, 0.05) is 55.7 Å². The van der Waals surface area contributed by atoms with Crippen molar-refractivity contribution in [2.24, 2.45) is 0 Å². The summed E-state index contributed by atoms with van der Waals surface area (Å²) in [4.78, 5) is 4.31. The van der Waals surface area contributed by atoms with Crippen LogP contribution in [0.2, 0.25) is 0 Å². The second-order valence-corrected chi connectivity index (χ2v) is 9.34. The van der Waals surface area contributed by atoms with Gasteiger partial charge in [-0.15, -0.1) is 0 Å². The standard InChI is InChI=1S/C21H23N3O3S/c1-28(25,26)18-7-5-16(6-8-18)24-14-11-19-20(24)3-2-4-21(19)27-17-9-12-23(15-22)13-10-17/h2-8,17H,9-14H2,1H3. The lowest BCUT2D eigenvalue weighted by atomic mass is 10.1. The van der Waals surface area contributed by atoms with Crippen molar-refractivity contribution in [3.63, 3.8) is 0 Å². The fourth-order valence-corrected chi connectivity index (χ4v) is 4.54. The van der Waals surface area contributed by atoms with E-state index in [0.717, 1.165) is 56.0 Å². The number of benzene rings is 2. The van der Waals surface area contributed by atoms with Gasteiger partial charge in [0.1, 0.15) is 11.9 Å². The minimum atomic E-state index is -3.19. The van der Waals surface area contributed by atoms with E-state index >= 15 is 0 Å². The van der Waals surface area contributed by atoms with Crippen LogP contribution in [0.4, 0.5) is 11.4 Å². The van der Waals surface area contributed by atoms with Crippen LogP contribution in [0.3, 0.4) is 0 Å². The number of ether oxygens (including phenoxy) is 1. The Bertz CT molecular complexity index is 1000. The molecule has 0 atom stereocenters. The zero-order chi connectivity index (χ0) is 19.7. The van der Waals surface area contributed by atoms with Crippen molar-refractivity contribution in [2.75, 3.05) is 30.8 Å². The zero-order valence-electron chi connectivity index (χ0n) is 15.8. The summed E-state index contributed by atoms with van der Waals surface area (Å²) in [7, 11) is -3.19. The highest BCUT2D eigenvalue weighted by atomic mass is 32.2. The van der Waals surface area contributed by atoms with Gasteiger partial charge < -0.3 is 14.5 Å². The second-order valence-electron chi connectivity index (χ2n) is 7.33. The lowest BCUT2D eigenvalue weighted by molar-refractivity contribution is 0.125. The molecule has 0 bridgehead atoms. The van der Waals surface area contributed by atoms with E-state index in [1.165, 1.54) is 11.8 Å². The van der Waals surface area contributed by atoms with Crippen LogP contribution in [-0.4, -0.2) is 45.3 Å². The molecular weight excluding hydrogens is 374 g/mol. The second kappa shape index (κ2) is 7.36. The van der Waals surface area contributed by atoms with Crippen LogP contribution in [0.15, 0.2) is 47.4 Å². The summed E-state index contributed by atoms with van der Waals surface area (Å²) in [6.45, 7) is 2.32. The quantitative estimate of drug-likeness (QED) is 0.738. The molecule has 6 nitrogen and oxygen atoms in total. The Labute approximate surface area is 165 Å². The third-order valence-corrected chi connectivity index (χ3v) is 6.57. The largest absolute Gasteiger partial charge is 0.490 e. The normalized spacial score (nSPS) is 17.3. The Balaban J connectivity index is 1.53. The fourth-order valence-electron chi connectivity index (χ4n) is 3.91. The molecule has 0 aliphatic carbocycles. The minimum absolute atomic E-state index is 0.138. The molecule has 7 heteroatoms. The van der Waals surface area contributed by atoms with Gasteiger partial charge in [0.15, 0.2) is 16.0 Å². The van der Waals surface area contributed by atoms with Crippen LogP contribution in [0, 0.1) is 11.5 Å². The third kappa shape index (κ3) is 3.65. The first kappa shape index (κ1) is 18.6. The van der Waals surface area contributed by atoms with Gasteiger partial charge in [0.05, 0.1) is 4.90 Å². The summed E-state index contributed by atoms with van der Waals surface area (Å²) in [6, 6.07) is 13.1. The van der Waals surface area contributed by atoms with Crippen LogP contribution in [-0.2, 0) is 16.3 Å². The van der Waals surface area contributed by atoms with Gasteiger partial charge in [-0.3, -0.25) is 0 Å². The van der Waals surface area contributed by atoms with Gasteiger partial charge in [0.2, 0.25) is 0 Å². The zero-order valence-corrected chi connectivity index (χ0v) is 16.7.